The highest BCUT2D eigenvalue weighted by Crippen LogP contribution is 2.36. The Morgan fingerprint density at radius 3 is 2.56 bits per heavy atom. The Morgan fingerprint density at radius 2 is 2.06 bits per heavy atom. The summed E-state index contributed by atoms with van der Waals surface area (Å²) in [7, 11) is 0. The summed E-state index contributed by atoms with van der Waals surface area (Å²) >= 11 is 5.87. The van der Waals surface area contributed by atoms with Crippen molar-refractivity contribution in [2.75, 3.05) is 0 Å². The summed E-state index contributed by atoms with van der Waals surface area (Å²) in [6.45, 7) is 1.64. The lowest BCUT2D eigenvalue weighted by Gasteiger charge is -2.14. The van der Waals surface area contributed by atoms with Crippen molar-refractivity contribution >= 4 is 23.5 Å². The molecule has 18 heavy (non-hydrogen) atoms. The molecule has 1 fully saturated rings. The van der Waals surface area contributed by atoms with Gasteiger partial charge >= 0.3 is 5.97 Å². The van der Waals surface area contributed by atoms with Crippen LogP contribution in [0, 0.1) is 12.7 Å². The van der Waals surface area contributed by atoms with Gasteiger partial charge in [0.2, 0.25) is 0 Å². The first-order valence-electron chi connectivity index (χ1n) is 5.38. The molecule has 0 unspecified atom stereocenters. The summed E-state index contributed by atoms with van der Waals surface area (Å²) in [4.78, 5) is 22.8. The highest BCUT2D eigenvalue weighted by molar-refractivity contribution is 6.34. The molecule has 96 valence electrons. The topological polar surface area (TPSA) is 66.4 Å². The highest BCUT2D eigenvalue weighted by Gasteiger charge is 2.52. The van der Waals surface area contributed by atoms with Crippen molar-refractivity contribution in [3.8, 4) is 0 Å². The number of hydrogen-bond donors (Lipinski definition) is 2. The Kier molecular flexibility index (Phi) is 3.02. The van der Waals surface area contributed by atoms with Gasteiger partial charge in [-0.1, -0.05) is 17.7 Å². The molecule has 2 N–H and O–H groups in total. The number of aryl methyl sites for hydroxylation is 1. The van der Waals surface area contributed by atoms with Gasteiger partial charge in [-0.3, -0.25) is 4.79 Å². The quantitative estimate of drug-likeness (QED) is 0.885. The van der Waals surface area contributed by atoms with Crippen molar-refractivity contribution in [1.29, 1.82) is 0 Å². The van der Waals surface area contributed by atoms with Gasteiger partial charge in [-0.15, -0.1) is 0 Å². The second kappa shape index (κ2) is 4.24. The molecule has 1 aromatic carbocycles. The van der Waals surface area contributed by atoms with E-state index in [1.807, 2.05) is 0 Å². The van der Waals surface area contributed by atoms with Crippen LogP contribution in [0.5, 0.6) is 0 Å². The Balaban J connectivity index is 2.30. The van der Waals surface area contributed by atoms with Crippen LogP contribution < -0.4 is 5.32 Å². The predicted octanol–water partition coefficient (Wildman–Crippen LogP) is 2.13. The van der Waals surface area contributed by atoms with Crippen LogP contribution in [0.4, 0.5) is 4.39 Å². The maximum atomic E-state index is 13.6. The van der Waals surface area contributed by atoms with Gasteiger partial charge in [0.1, 0.15) is 11.4 Å². The standard InChI is InChI=1S/C12H11ClFNO3/c1-6-2-3-7(14)8(9(6)13)10(16)15-12(4-5-12)11(17)18/h2-3H,4-5H2,1H3,(H,15,16)(H,17,18). The molecule has 0 heterocycles. The molecule has 0 aliphatic heterocycles. The van der Waals surface area contributed by atoms with E-state index >= 15 is 0 Å². The zero-order valence-corrected chi connectivity index (χ0v) is 10.3. The Morgan fingerprint density at radius 1 is 1.44 bits per heavy atom. The zero-order chi connectivity index (χ0) is 13.5. The Labute approximate surface area is 108 Å². The lowest BCUT2D eigenvalue weighted by molar-refractivity contribution is -0.140. The molecule has 4 nitrogen and oxygen atoms in total. The number of rotatable bonds is 3. The first kappa shape index (κ1) is 12.8. The van der Waals surface area contributed by atoms with Gasteiger partial charge in [0.25, 0.3) is 5.91 Å². The zero-order valence-electron chi connectivity index (χ0n) is 9.59. The molecule has 1 amide bonds. The van der Waals surface area contributed by atoms with Crippen molar-refractivity contribution in [2.45, 2.75) is 25.3 Å². The van der Waals surface area contributed by atoms with E-state index < -0.39 is 23.2 Å². The van der Waals surface area contributed by atoms with Crippen LogP contribution in [0.2, 0.25) is 5.02 Å². The minimum atomic E-state index is -1.25. The van der Waals surface area contributed by atoms with Gasteiger partial charge in [-0.05, 0) is 31.4 Å². The molecule has 1 saturated carbocycles. The number of amides is 1. The van der Waals surface area contributed by atoms with Crippen LogP contribution in [-0.4, -0.2) is 22.5 Å². The van der Waals surface area contributed by atoms with E-state index in [0.29, 0.717) is 18.4 Å². The van der Waals surface area contributed by atoms with Crippen LogP contribution in [0.15, 0.2) is 12.1 Å². The molecule has 0 spiro atoms. The minimum absolute atomic E-state index is 0.00805. The number of carboxylic acids is 1. The third-order valence-corrected chi connectivity index (χ3v) is 3.51. The van der Waals surface area contributed by atoms with Crippen LogP contribution in [0.3, 0.4) is 0 Å². The fraction of sp³-hybridized carbons (Fsp3) is 0.333. The molecule has 1 aliphatic rings. The van der Waals surface area contributed by atoms with Crippen molar-refractivity contribution < 1.29 is 19.1 Å². The van der Waals surface area contributed by atoms with Gasteiger partial charge in [-0.2, -0.15) is 0 Å². The first-order chi connectivity index (χ1) is 8.37. The molecule has 0 bridgehead atoms. The summed E-state index contributed by atoms with van der Waals surface area (Å²) in [6, 6.07) is 2.59. The van der Waals surface area contributed by atoms with Crippen LogP contribution >= 0.6 is 11.6 Å². The lowest BCUT2D eigenvalue weighted by atomic mass is 10.1. The molecular formula is C12H11ClFNO3. The number of hydrogen-bond acceptors (Lipinski definition) is 2. The first-order valence-corrected chi connectivity index (χ1v) is 5.76. The molecule has 0 aromatic heterocycles. The van der Waals surface area contributed by atoms with Crippen molar-refractivity contribution in [2.24, 2.45) is 0 Å². The van der Waals surface area contributed by atoms with Crippen molar-refractivity contribution in [3.05, 3.63) is 34.1 Å². The number of nitrogens with one attached hydrogen (secondary N) is 1. The third-order valence-electron chi connectivity index (χ3n) is 3.02. The van der Waals surface area contributed by atoms with Gasteiger partial charge in [-0.25, -0.2) is 9.18 Å². The fourth-order valence-electron chi connectivity index (χ4n) is 1.66. The molecular weight excluding hydrogens is 261 g/mol. The largest absolute Gasteiger partial charge is 0.480 e. The molecule has 0 saturated heterocycles. The summed E-state index contributed by atoms with van der Waals surface area (Å²) in [5.74, 6) is -2.66. The second-order valence-electron chi connectivity index (χ2n) is 4.39. The summed E-state index contributed by atoms with van der Waals surface area (Å²) < 4.78 is 13.6. The average molecular weight is 272 g/mol. The van der Waals surface area contributed by atoms with Crippen molar-refractivity contribution in [3.63, 3.8) is 0 Å². The second-order valence-corrected chi connectivity index (χ2v) is 4.77. The third kappa shape index (κ3) is 2.06. The van der Waals surface area contributed by atoms with Crippen LogP contribution in [0.1, 0.15) is 28.8 Å². The number of benzene rings is 1. The van der Waals surface area contributed by atoms with E-state index in [1.165, 1.54) is 6.07 Å². The molecule has 0 atom stereocenters. The van der Waals surface area contributed by atoms with Crippen molar-refractivity contribution in [1.82, 2.24) is 5.32 Å². The highest BCUT2D eigenvalue weighted by atomic mass is 35.5. The van der Waals surface area contributed by atoms with Crippen LogP contribution in [-0.2, 0) is 4.79 Å². The maximum Gasteiger partial charge on any atom is 0.329 e. The molecule has 1 aliphatic carbocycles. The monoisotopic (exact) mass is 271 g/mol. The Hall–Kier alpha value is -1.62. The number of carboxylic acid groups (broad SMARTS) is 1. The van der Waals surface area contributed by atoms with E-state index in [0.717, 1.165) is 6.07 Å². The van der Waals surface area contributed by atoms with E-state index in [4.69, 9.17) is 16.7 Å². The summed E-state index contributed by atoms with van der Waals surface area (Å²) in [6.07, 6.45) is 0.693. The summed E-state index contributed by atoms with van der Waals surface area (Å²) in [5.41, 5.74) is -0.996. The van der Waals surface area contributed by atoms with E-state index in [9.17, 15) is 14.0 Å². The lowest BCUT2D eigenvalue weighted by Crippen LogP contribution is -2.43. The Bertz CT molecular complexity index is 540. The van der Waals surface area contributed by atoms with Gasteiger partial charge in [0.15, 0.2) is 0 Å². The number of carbonyl (C=O) groups is 2. The summed E-state index contributed by atoms with van der Waals surface area (Å²) in [5, 5.41) is 11.3. The number of halogens is 2. The molecule has 2 rings (SSSR count). The molecule has 0 radical (unpaired) electrons. The normalized spacial score (nSPS) is 16.2. The molecule has 1 aromatic rings. The fourth-order valence-corrected chi connectivity index (χ4v) is 1.90. The predicted molar refractivity (Wildman–Crippen MR) is 63.2 cm³/mol. The van der Waals surface area contributed by atoms with Gasteiger partial charge in [0, 0.05) is 0 Å². The number of aliphatic carboxylic acids is 1. The van der Waals surface area contributed by atoms with E-state index in [-0.39, 0.29) is 10.6 Å². The number of carbonyl (C=O) groups excluding carboxylic acids is 1. The minimum Gasteiger partial charge on any atom is -0.480 e. The van der Waals surface area contributed by atoms with Gasteiger partial charge < -0.3 is 10.4 Å². The van der Waals surface area contributed by atoms with E-state index in [2.05, 4.69) is 5.32 Å². The van der Waals surface area contributed by atoms with Gasteiger partial charge in [0.05, 0.1) is 10.6 Å². The smallest absolute Gasteiger partial charge is 0.329 e. The van der Waals surface area contributed by atoms with Crippen LogP contribution in [0.25, 0.3) is 0 Å². The SMILES string of the molecule is Cc1ccc(F)c(C(=O)NC2(C(=O)O)CC2)c1Cl. The maximum absolute atomic E-state index is 13.6. The van der Waals surface area contributed by atoms with E-state index in [1.54, 1.807) is 6.92 Å². The molecule has 6 heteroatoms. The average Bonchev–Trinajstić information content (AvgIpc) is 3.05.